The van der Waals surface area contributed by atoms with E-state index in [-0.39, 0.29) is 21.7 Å². The van der Waals surface area contributed by atoms with Gasteiger partial charge in [-0.15, -0.1) is 0 Å². The fourth-order valence-electron chi connectivity index (χ4n) is 2.12. The Morgan fingerprint density at radius 3 is 2.04 bits per heavy atom. The van der Waals surface area contributed by atoms with E-state index in [0.717, 1.165) is 7.11 Å². The Kier molecular flexibility index (Phi) is 5.83. The Hall–Kier alpha value is -3.07. The summed E-state index contributed by atoms with van der Waals surface area (Å²) in [4.78, 5) is 23.6. The minimum atomic E-state index is -4.02. The van der Waals surface area contributed by atoms with Gasteiger partial charge in [0.2, 0.25) is 0 Å². The van der Waals surface area contributed by atoms with E-state index < -0.39 is 22.0 Å². The third kappa shape index (κ3) is 4.12. The summed E-state index contributed by atoms with van der Waals surface area (Å²) in [5.74, 6) is -0.938. The van der Waals surface area contributed by atoms with Crippen molar-refractivity contribution in [3.63, 3.8) is 0 Å². The van der Waals surface area contributed by atoms with Crippen molar-refractivity contribution in [2.75, 3.05) is 26.1 Å². The largest absolute Gasteiger partial charge is 0.497 e. The van der Waals surface area contributed by atoms with Crippen LogP contribution in [0.5, 0.6) is 5.75 Å². The Morgan fingerprint density at radius 1 is 0.885 bits per heavy atom. The molecule has 8 nitrogen and oxygen atoms in total. The van der Waals surface area contributed by atoms with Crippen molar-refractivity contribution in [1.82, 2.24) is 0 Å². The zero-order valence-electron chi connectivity index (χ0n) is 14.3. The number of nitrogens with one attached hydrogen (secondary N) is 1. The van der Waals surface area contributed by atoms with Gasteiger partial charge in [-0.2, -0.15) is 0 Å². The molecule has 0 aliphatic heterocycles. The van der Waals surface area contributed by atoms with Crippen molar-refractivity contribution in [3.8, 4) is 5.75 Å². The molecule has 0 spiro atoms. The lowest BCUT2D eigenvalue weighted by molar-refractivity contribution is 0.0587. The molecule has 0 fully saturated rings. The Bertz CT molecular complexity index is 921. The molecule has 0 radical (unpaired) electrons. The van der Waals surface area contributed by atoms with Gasteiger partial charge in [0, 0.05) is 0 Å². The predicted molar refractivity (Wildman–Crippen MR) is 92.9 cm³/mol. The number of sulfonamides is 1. The van der Waals surface area contributed by atoms with Crippen molar-refractivity contribution >= 4 is 27.6 Å². The summed E-state index contributed by atoms with van der Waals surface area (Å²) < 4.78 is 41.7. The normalized spacial score (nSPS) is 10.7. The van der Waals surface area contributed by atoms with Crippen molar-refractivity contribution < 1.29 is 32.2 Å². The van der Waals surface area contributed by atoms with Crippen LogP contribution in [0.3, 0.4) is 0 Å². The summed E-state index contributed by atoms with van der Waals surface area (Å²) in [5.41, 5.74) is -0.0691. The van der Waals surface area contributed by atoms with Crippen molar-refractivity contribution in [3.05, 3.63) is 53.6 Å². The molecule has 0 amide bonds. The monoisotopic (exact) mass is 379 g/mol. The first kappa shape index (κ1) is 19.3. The molecule has 0 aliphatic rings. The van der Waals surface area contributed by atoms with Crippen LogP contribution in [0.2, 0.25) is 0 Å². The van der Waals surface area contributed by atoms with Crippen LogP contribution in [0, 0.1) is 0 Å². The summed E-state index contributed by atoms with van der Waals surface area (Å²) in [6, 6.07) is 9.50. The SMILES string of the molecule is COC(=O)c1ccc(C(=O)OC)c(NS(=O)(=O)c2ccc(OC)cc2)c1. The van der Waals surface area contributed by atoms with Crippen LogP contribution >= 0.6 is 0 Å². The second-order valence-corrected chi connectivity index (χ2v) is 6.71. The van der Waals surface area contributed by atoms with Crippen molar-refractivity contribution in [2.45, 2.75) is 4.90 Å². The minimum absolute atomic E-state index is 0.0439. The molecule has 2 aromatic carbocycles. The highest BCUT2D eigenvalue weighted by Crippen LogP contribution is 2.24. The minimum Gasteiger partial charge on any atom is -0.497 e. The topological polar surface area (TPSA) is 108 Å². The van der Waals surface area contributed by atoms with Crippen LogP contribution in [-0.4, -0.2) is 41.7 Å². The van der Waals surface area contributed by atoms with Crippen molar-refractivity contribution in [1.29, 1.82) is 0 Å². The molecule has 0 heterocycles. The lowest BCUT2D eigenvalue weighted by Crippen LogP contribution is -2.17. The summed E-state index contributed by atoms with van der Waals surface area (Å²) in [6.45, 7) is 0. The van der Waals surface area contributed by atoms with Gasteiger partial charge >= 0.3 is 11.9 Å². The van der Waals surface area contributed by atoms with Crippen LogP contribution in [0.15, 0.2) is 47.4 Å². The van der Waals surface area contributed by atoms with Crippen LogP contribution < -0.4 is 9.46 Å². The number of methoxy groups -OCH3 is 3. The van der Waals surface area contributed by atoms with Gasteiger partial charge < -0.3 is 14.2 Å². The molecule has 0 aromatic heterocycles. The summed E-state index contributed by atoms with van der Waals surface area (Å²) in [6.07, 6.45) is 0. The highest BCUT2D eigenvalue weighted by Gasteiger charge is 2.21. The molecule has 2 aromatic rings. The molecule has 138 valence electrons. The van der Waals surface area contributed by atoms with Crippen LogP contribution in [-0.2, 0) is 19.5 Å². The highest BCUT2D eigenvalue weighted by atomic mass is 32.2. The third-order valence-electron chi connectivity index (χ3n) is 3.46. The average molecular weight is 379 g/mol. The molecule has 0 saturated carbocycles. The van der Waals surface area contributed by atoms with Gasteiger partial charge in [0.25, 0.3) is 10.0 Å². The number of rotatable bonds is 6. The molecule has 0 bridgehead atoms. The van der Waals surface area contributed by atoms with E-state index in [0.29, 0.717) is 5.75 Å². The molecule has 1 N–H and O–H groups in total. The van der Waals surface area contributed by atoms with Gasteiger partial charge in [-0.3, -0.25) is 4.72 Å². The maximum absolute atomic E-state index is 12.6. The molecule has 9 heteroatoms. The molecule has 0 aliphatic carbocycles. The maximum Gasteiger partial charge on any atom is 0.339 e. The van der Waals surface area contributed by atoms with Crippen molar-refractivity contribution in [2.24, 2.45) is 0 Å². The molecule has 0 atom stereocenters. The van der Waals surface area contributed by atoms with E-state index in [1.165, 1.54) is 56.7 Å². The zero-order chi connectivity index (χ0) is 19.3. The standard InChI is InChI=1S/C17H17NO7S/c1-23-12-5-7-13(8-6-12)26(21,22)18-15-10-11(16(19)24-2)4-9-14(15)17(20)25-3/h4-10,18H,1-3H3. The van der Waals surface area contributed by atoms with Gasteiger partial charge in [-0.05, 0) is 42.5 Å². The quantitative estimate of drug-likeness (QED) is 0.766. The first-order valence-corrected chi connectivity index (χ1v) is 8.78. The first-order chi connectivity index (χ1) is 12.3. The van der Waals surface area contributed by atoms with Gasteiger partial charge in [0.1, 0.15) is 5.75 Å². The van der Waals surface area contributed by atoms with Crippen LogP contribution in [0.1, 0.15) is 20.7 Å². The number of ether oxygens (including phenoxy) is 3. The molecular weight excluding hydrogens is 362 g/mol. The summed E-state index contributed by atoms with van der Waals surface area (Å²) in [5, 5.41) is 0. The number of hydrogen-bond acceptors (Lipinski definition) is 7. The predicted octanol–water partition coefficient (Wildman–Crippen LogP) is 2.07. The van der Waals surface area contributed by atoms with Gasteiger partial charge in [-0.25, -0.2) is 18.0 Å². The number of hydrogen-bond donors (Lipinski definition) is 1. The fourth-order valence-corrected chi connectivity index (χ4v) is 3.19. The Balaban J connectivity index is 2.47. The Morgan fingerprint density at radius 2 is 1.50 bits per heavy atom. The number of anilines is 1. The summed E-state index contributed by atoms with van der Waals surface area (Å²) in [7, 11) is -0.199. The molecule has 0 saturated heterocycles. The number of carbonyl (C=O) groups is 2. The van der Waals surface area contributed by atoms with Crippen LogP contribution in [0.4, 0.5) is 5.69 Å². The molecular formula is C17H17NO7S. The highest BCUT2D eigenvalue weighted by molar-refractivity contribution is 7.92. The van der Waals surface area contributed by atoms with E-state index in [1.54, 1.807) is 0 Å². The van der Waals surface area contributed by atoms with Gasteiger partial charge in [0.05, 0.1) is 43.0 Å². The number of benzene rings is 2. The molecule has 0 unspecified atom stereocenters. The van der Waals surface area contributed by atoms with Crippen LogP contribution in [0.25, 0.3) is 0 Å². The lowest BCUT2D eigenvalue weighted by Gasteiger charge is -2.13. The summed E-state index contributed by atoms with van der Waals surface area (Å²) >= 11 is 0. The number of esters is 2. The molecule has 2 rings (SSSR count). The maximum atomic E-state index is 12.6. The first-order valence-electron chi connectivity index (χ1n) is 7.30. The Labute approximate surface area is 150 Å². The van der Waals surface area contributed by atoms with E-state index in [2.05, 4.69) is 14.2 Å². The van der Waals surface area contributed by atoms with Gasteiger partial charge in [0.15, 0.2) is 0 Å². The fraction of sp³-hybridized carbons (Fsp3) is 0.176. The second-order valence-electron chi connectivity index (χ2n) is 5.02. The second kappa shape index (κ2) is 7.87. The smallest absolute Gasteiger partial charge is 0.339 e. The average Bonchev–Trinajstić information content (AvgIpc) is 2.66. The van der Waals surface area contributed by atoms with E-state index in [4.69, 9.17) is 4.74 Å². The number of carbonyl (C=O) groups excluding carboxylic acids is 2. The van der Waals surface area contributed by atoms with E-state index in [9.17, 15) is 18.0 Å². The van der Waals surface area contributed by atoms with E-state index in [1.807, 2.05) is 0 Å². The zero-order valence-corrected chi connectivity index (χ0v) is 15.1. The van der Waals surface area contributed by atoms with E-state index >= 15 is 0 Å². The van der Waals surface area contributed by atoms with Gasteiger partial charge in [-0.1, -0.05) is 0 Å². The third-order valence-corrected chi connectivity index (χ3v) is 4.84. The molecule has 26 heavy (non-hydrogen) atoms. The lowest BCUT2D eigenvalue weighted by atomic mass is 10.1.